The van der Waals surface area contributed by atoms with E-state index >= 15 is 4.79 Å². The van der Waals surface area contributed by atoms with Crippen molar-refractivity contribution in [3.63, 3.8) is 0 Å². The molecule has 10 nitrogen and oxygen atoms in total. The van der Waals surface area contributed by atoms with Crippen LogP contribution in [0.15, 0.2) is 84.4 Å². The highest BCUT2D eigenvalue weighted by Gasteiger charge is 2.70. The van der Waals surface area contributed by atoms with Crippen molar-refractivity contribution in [2.45, 2.75) is 37.5 Å². The third kappa shape index (κ3) is 4.64. The Morgan fingerprint density at radius 3 is 2.44 bits per heavy atom. The molecule has 48 heavy (non-hydrogen) atoms. The van der Waals surface area contributed by atoms with Crippen molar-refractivity contribution in [3.8, 4) is 11.5 Å². The van der Waals surface area contributed by atoms with E-state index in [0.717, 1.165) is 10.5 Å². The summed E-state index contributed by atoms with van der Waals surface area (Å²) in [7, 11) is 0. The Kier molecular flexibility index (Phi) is 7.86. The molecule has 246 valence electrons. The van der Waals surface area contributed by atoms with E-state index in [-0.39, 0.29) is 43.9 Å². The third-order valence-corrected chi connectivity index (χ3v) is 10.7. The van der Waals surface area contributed by atoms with Crippen LogP contribution < -0.4 is 9.64 Å². The van der Waals surface area contributed by atoms with E-state index in [1.54, 1.807) is 43.3 Å². The Morgan fingerprint density at radius 1 is 0.958 bits per heavy atom. The van der Waals surface area contributed by atoms with Crippen molar-refractivity contribution in [2.75, 3.05) is 18.1 Å². The number of halogens is 1. The molecule has 2 aliphatic heterocycles. The number of aliphatic carboxylic acids is 1. The first-order chi connectivity index (χ1) is 23.1. The molecule has 4 aliphatic rings. The topological polar surface area (TPSA) is 142 Å². The van der Waals surface area contributed by atoms with Crippen molar-refractivity contribution < 1.29 is 38.9 Å². The first-order valence-electron chi connectivity index (χ1n) is 16.0. The first-order valence-corrected chi connectivity index (χ1v) is 16.4. The molecule has 2 saturated heterocycles. The number of ether oxygens (including phenoxy) is 1. The molecule has 1 saturated carbocycles. The summed E-state index contributed by atoms with van der Waals surface area (Å²) in [5.41, 5.74) is 0.828. The SMILES string of the molecule is CCOc1cc([C@H]2C3=CC[C@@H]4C(=O)N(CCC(=O)O)C(=O)[C@@H]4[C@@H]3C[C@H]3C(=O)N(c4cccc(Cl)c4)C(=O)[C@@]23c2ccccc2)ccc1O. The van der Waals surface area contributed by atoms with Gasteiger partial charge in [-0.1, -0.05) is 65.7 Å². The number of anilines is 1. The molecular weight excluding hydrogens is 636 g/mol. The maximum atomic E-state index is 15.2. The van der Waals surface area contributed by atoms with Gasteiger partial charge in [-0.05, 0) is 67.1 Å². The van der Waals surface area contributed by atoms with Crippen molar-refractivity contribution in [3.05, 3.63) is 101 Å². The molecule has 0 aromatic heterocycles. The minimum absolute atomic E-state index is 0.0871. The zero-order valence-electron chi connectivity index (χ0n) is 26.0. The molecule has 3 fully saturated rings. The van der Waals surface area contributed by atoms with E-state index in [1.807, 2.05) is 36.4 Å². The number of phenols is 1. The van der Waals surface area contributed by atoms with Crippen molar-refractivity contribution in [1.82, 2.24) is 4.90 Å². The number of imide groups is 2. The van der Waals surface area contributed by atoms with Crippen molar-refractivity contribution >= 4 is 46.9 Å². The van der Waals surface area contributed by atoms with E-state index in [9.17, 15) is 29.4 Å². The number of aromatic hydroxyl groups is 1. The van der Waals surface area contributed by atoms with Crippen LogP contribution in [0.5, 0.6) is 11.5 Å². The number of carboxylic acid groups (broad SMARTS) is 1. The fourth-order valence-electron chi connectivity index (χ4n) is 8.59. The van der Waals surface area contributed by atoms with Gasteiger partial charge >= 0.3 is 5.97 Å². The molecule has 0 radical (unpaired) electrons. The lowest BCUT2D eigenvalue weighted by molar-refractivity contribution is -0.142. The van der Waals surface area contributed by atoms with Gasteiger partial charge in [-0.15, -0.1) is 0 Å². The monoisotopic (exact) mass is 668 g/mol. The van der Waals surface area contributed by atoms with Crippen molar-refractivity contribution in [1.29, 1.82) is 0 Å². The maximum absolute atomic E-state index is 15.2. The summed E-state index contributed by atoms with van der Waals surface area (Å²) >= 11 is 6.35. The standard InChI is InChI=1S/C37H33ClN2O8/c1-2-48-29-17-20(11-14-28(29)41)32-24-12-13-25-31(35(46)39(33(25)44)16-15-30(42)43)26(24)19-27-34(45)40(23-10-6-9-22(38)18-23)36(47)37(27,32)21-7-4-3-5-8-21/h3-12,14,17-18,25-27,31-32,41H,2,13,15-16,19H2,1H3,(H,42,43)/t25-,26+,27-,31-,32-,37+/m0/s1. The molecule has 2 N–H and O–H groups in total. The highest BCUT2D eigenvalue weighted by Crippen LogP contribution is 2.64. The minimum Gasteiger partial charge on any atom is -0.504 e. The lowest BCUT2D eigenvalue weighted by atomic mass is 9.49. The third-order valence-electron chi connectivity index (χ3n) is 10.4. The lowest BCUT2D eigenvalue weighted by Crippen LogP contribution is -2.53. The fraction of sp³-hybridized carbons (Fsp3) is 0.324. The van der Waals surface area contributed by atoms with E-state index in [1.165, 1.54) is 11.0 Å². The maximum Gasteiger partial charge on any atom is 0.305 e. The molecule has 0 unspecified atom stereocenters. The van der Waals surface area contributed by atoms with Gasteiger partial charge in [0, 0.05) is 17.5 Å². The van der Waals surface area contributed by atoms with Crippen LogP contribution in [-0.4, -0.2) is 57.9 Å². The Labute approximate surface area is 281 Å². The van der Waals surface area contributed by atoms with Crippen LogP contribution in [0.2, 0.25) is 5.02 Å². The summed E-state index contributed by atoms with van der Waals surface area (Å²) in [6.45, 7) is 1.82. The average Bonchev–Trinajstić information content (AvgIpc) is 3.45. The number of nitrogens with zero attached hydrogens (tertiary/aromatic N) is 2. The predicted octanol–water partition coefficient (Wildman–Crippen LogP) is 5.08. The summed E-state index contributed by atoms with van der Waals surface area (Å²) in [5, 5.41) is 20.3. The quantitative estimate of drug-likeness (QED) is 0.250. The summed E-state index contributed by atoms with van der Waals surface area (Å²) in [6, 6.07) is 20.6. The Morgan fingerprint density at radius 2 is 1.73 bits per heavy atom. The number of phenolic OH excluding ortho intramolecular Hbond substituents is 1. The molecule has 2 heterocycles. The Hall–Kier alpha value is -4.96. The highest BCUT2D eigenvalue weighted by atomic mass is 35.5. The summed E-state index contributed by atoms with van der Waals surface area (Å²) < 4.78 is 5.77. The molecule has 2 aliphatic carbocycles. The number of rotatable bonds is 8. The fourth-order valence-corrected chi connectivity index (χ4v) is 8.78. The predicted molar refractivity (Wildman–Crippen MR) is 174 cm³/mol. The van der Waals surface area contributed by atoms with Gasteiger partial charge in [-0.2, -0.15) is 0 Å². The molecule has 0 spiro atoms. The van der Waals surface area contributed by atoms with Crippen LogP contribution in [0.25, 0.3) is 0 Å². The molecular formula is C37H33ClN2O8. The van der Waals surface area contributed by atoms with E-state index in [2.05, 4.69) is 0 Å². The van der Waals surface area contributed by atoms with Crippen LogP contribution in [0.3, 0.4) is 0 Å². The number of amides is 4. The van der Waals surface area contributed by atoms with Crippen LogP contribution >= 0.6 is 11.6 Å². The lowest BCUT2D eigenvalue weighted by Gasteiger charge is -2.50. The number of carboxylic acids is 1. The van der Waals surface area contributed by atoms with Gasteiger partial charge in [0.05, 0.1) is 41.9 Å². The number of carbonyl (C=O) groups is 5. The van der Waals surface area contributed by atoms with Gasteiger partial charge in [0.25, 0.3) is 0 Å². The summed E-state index contributed by atoms with van der Waals surface area (Å²) in [4.78, 5) is 71.1. The number of allylic oxidation sites excluding steroid dienone is 2. The van der Waals surface area contributed by atoms with Gasteiger partial charge in [-0.25, -0.2) is 4.90 Å². The second kappa shape index (κ2) is 11.9. The van der Waals surface area contributed by atoms with Gasteiger partial charge < -0.3 is 14.9 Å². The molecule has 7 rings (SSSR count). The average molecular weight is 669 g/mol. The van der Waals surface area contributed by atoms with E-state index in [4.69, 9.17) is 16.3 Å². The smallest absolute Gasteiger partial charge is 0.305 e. The zero-order chi connectivity index (χ0) is 33.9. The van der Waals surface area contributed by atoms with Gasteiger partial charge in [0.2, 0.25) is 23.6 Å². The second-order valence-electron chi connectivity index (χ2n) is 12.7. The number of fused-ring (bicyclic) bond motifs is 4. The van der Waals surface area contributed by atoms with Crippen LogP contribution in [-0.2, 0) is 29.4 Å². The molecule has 6 atom stereocenters. The Balaban J connectivity index is 1.46. The summed E-state index contributed by atoms with van der Waals surface area (Å²) in [6.07, 6.45) is 1.88. The van der Waals surface area contributed by atoms with Crippen LogP contribution in [0, 0.1) is 23.7 Å². The Bertz CT molecular complexity index is 1890. The number of carbonyl (C=O) groups excluding carboxylic acids is 4. The first kappa shape index (κ1) is 31.6. The molecule has 3 aromatic carbocycles. The normalized spacial score (nSPS) is 27.8. The van der Waals surface area contributed by atoms with Crippen molar-refractivity contribution in [2.24, 2.45) is 23.7 Å². The number of hydrogen-bond donors (Lipinski definition) is 2. The summed E-state index contributed by atoms with van der Waals surface area (Å²) in [5.74, 6) is -6.63. The molecule has 3 aromatic rings. The van der Waals surface area contributed by atoms with Gasteiger partial charge in [0.1, 0.15) is 0 Å². The number of likely N-dealkylation sites (tertiary alicyclic amines) is 1. The van der Waals surface area contributed by atoms with Crippen LogP contribution in [0.4, 0.5) is 5.69 Å². The number of benzene rings is 3. The van der Waals surface area contributed by atoms with E-state index < -0.39 is 64.6 Å². The van der Waals surface area contributed by atoms with E-state index in [0.29, 0.717) is 21.8 Å². The van der Waals surface area contributed by atoms with Crippen LogP contribution in [0.1, 0.15) is 43.2 Å². The minimum atomic E-state index is -1.47. The largest absolute Gasteiger partial charge is 0.504 e. The van der Waals surface area contributed by atoms with Gasteiger partial charge in [-0.3, -0.25) is 28.9 Å². The second-order valence-corrected chi connectivity index (χ2v) is 13.2. The van der Waals surface area contributed by atoms with Gasteiger partial charge in [0.15, 0.2) is 11.5 Å². The molecule has 11 heteroatoms. The highest BCUT2D eigenvalue weighted by molar-refractivity contribution is 6.32. The number of hydrogen-bond acceptors (Lipinski definition) is 7. The molecule has 0 bridgehead atoms. The molecule has 4 amide bonds. The zero-order valence-corrected chi connectivity index (χ0v) is 26.8.